The van der Waals surface area contributed by atoms with Crippen molar-refractivity contribution in [3.05, 3.63) is 56.1 Å². The van der Waals surface area contributed by atoms with Gasteiger partial charge in [0.15, 0.2) is 5.69 Å². The Kier molecular flexibility index (Phi) is 4.68. The van der Waals surface area contributed by atoms with Crippen LogP contribution in [-0.4, -0.2) is 17.0 Å². The second-order valence-electron chi connectivity index (χ2n) is 4.77. The Hall–Kier alpha value is -3.56. The van der Waals surface area contributed by atoms with E-state index >= 15 is 0 Å². The molecular weight excluding hydrogens is 318 g/mol. The molecule has 2 aromatic carbocycles. The van der Waals surface area contributed by atoms with Crippen LogP contribution in [0.2, 0.25) is 0 Å². The van der Waals surface area contributed by atoms with E-state index in [4.69, 9.17) is 10.5 Å². The number of aryl methyl sites for hydroxylation is 1. The Labute approximate surface area is 135 Å². The third-order valence-corrected chi connectivity index (χ3v) is 3.18. The Balaban J connectivity index is 2.46. The third kappa shape index (κ3) is 3.43. The first-order valence-corrected chi connectivity index (χ1v) is 6.62. The van der Waals surface area contributed by atoms with Crippen LogP contribution in [0.25, 0.3) is 0 Å². The van der Waals surface area contributed by atoms with Gasteiger partial charge < -0.3 is 10.5 Å². The number of ether oxygens (including phenoxy) is 1. The summed E-state index contributed by atoms with van der Waals surface area (Å²) in [6.45, 7) is 1.74. The number of azo groups is 1. The van der Waals surface area contributed by atoms with Gasteiger partial charge in [0.1, 0.15) is 5.75 Å². The van der Waals surface area contributed by atoms with Crippen LogP contribution in [0.3, 0.4) is 0 Å². The van der Waals surface area contributed by atoms with Crippen LogP contribution in [0.5, 0.6) is 5.75 Å². The van der Waals surface area contributed by atoms with E-state index in [0.717, 1.165) is 12.1 Å². The first-order valence-electron chi connectivity index (χ1n) is 6.62. The Morgan fingerprint density at radius 3 is 2.29 bits per heavy atom. The fourth-order valence-corrected chi connectivity index (χ4v) is 1.95. The van der Waals surface area contributed by atoms with Crippen LogP contribution in [0, 0.1) is 27.2 Å². The summed E-state index contributed by atoms with van der Waals surface area (Å²) < 4.78 is 5.09. The predicted octanol–water partition coefficient (Wildman–Crippen LogP) is 3.82. The largest absolute Gasteiger partial charge is 0.495 e. The lowest BCUT2D eigenvalue weighted by molar-refractivity contribution is -0.393. The van der Waals surface area contributed by atoms with Gasteiger partial charge in [-0.15, -0.1) is 10.2 Å². The number of hydrogen-bond acceptors (Lipinski definition) is 8. The smallest absolute Gasteiger partial charge is 0.303 e. The van der Waals surface area contributed by atoms with Crippen molar-refractivity contribution >= 4 is 28.4 Å². The molecule has 0 fully saturated rings. The van der Waals surface area contributed by atoms with E-state index in [9.17, 15) is 20.2 Å². The quantitative estimate of drug-likeness (QED) is 0.381. The molecule has 2 N–H and O–H groups in total. The lowest BCUT2D eigenvalue weighted by Crippen LogP contribution is -1.93. The molecule has 10 nitrogen and oxygen atoms in total. The molecule has 24 heavy (non-hydrogen) atoms. The number of methoxy groups -OCH3 is 1. The topological polar surface area (TPSA) is 146 Å². The molecule has 0 aliphatic heterocycles. The lowest BCUT2D eigenvalue weighted by Gasteiger charge is -2.07. The molecule has 0 atom stereocenters. The molecule has 10 heteroatoms. The number of nitrogen functional groups attached to an aromatic ring is 1. The highest BCUT2D eigenvalue weighted by Gasteiger charge is 2.19. The van der Waals surface area contributed by atoms with Crippen molar-refractivity contribution in [2.75, 3.05) is 12.8 Å². The van der Waals surface area contributed by atoms with Crippen molar-refractivity contribution in [3.8, 4) is 5.75 Å². The monoisotopic (exact) mass is 331 g/mol. The molecule has 0 aliphatic rings. The second kappa shape index (κ2) is 6.69. The average molecular weight is 331 g/mol. The summed E-state index contributed by atoms with van der Waals surface area (Å²) in [5.41, 5.74) is 6.30. The molecule has 2 rings (SSSR count). The zero-order valence-electron chi connectivity index (χ0n) is 12.8. The maximum atomic E-state index is 11.1. The third-order valence-electron chi connectivity index (χ3n) is 3.18. The van der Waals surface area contributed by atoms with Crippen molar-refractivity contribution in [1.29, 1.82) is 0 Å². The highest BCUT2D eigenvalue weighted by molar-refractivity contribution is 5.64. The number of non-ortho nitro benzene ring substituents is 1. The maximum Gasteiger partial charge on any atom is 0.303 e. The van der Waals surface area contributed by atoms with Gasteiger partial charge in [-0.05, 0) is 24.6 Å². The van der Waals surface area contributed by atoms with E-state index in [0.29, 0.717) is 22.7 Å². The maximum absolute atomic E-state index is 11.1. The summed E-state index contributed by atoms with van der Waals surface area (Å²) in [6, 6.07) is 6.31. The van der Waals surface area contributed by atoms with Crippen LogP contribution in [-0.2, 0) is 0 Å². The zero-order valence-corrected chi connectivity index (χ0v) is 12.8. The van der Waals surface area contributed by atoms with Crippen molar-refractivity contribution in [1.82, 2.24) is 0 Å². The molecule has 2 aromatic rings. The first kappa shape index (κ1) is 16.8. The highest BCUT2D eigenvalue weighted by Crippen LogP contribution is 2.35. The summed E-state index contributed by atoms with van der Waals surface area (Å²) in [5.74, 6) is 0.396. The molecule has 0 saturated heterocycles. The minimum Gasteiger partial charge on any atom is -0.495 e. The fraction of sp³-hybridized carbons (Fsp3) is 0.143. The number of nitrogens with two attached hydrogens (primary N) is 1. The van der Waals surface area contributed by atoms with E-state index in [-0.39, 0.29) is 5.69 Å². The van der Waals surface area contributed by atoms with Crippen molar-refractivity contribution in [3.63, 3.8) is 0 Å². The Bertz CT molecular complexity index is 850. The average Bonchev–Trinajstić information content (AvgIpc) is 2.53. The van der Waals surface area contributed by atoms with Gasteiger partial charge in [-0.3, -0.25) is 20.2 Å². The lowest BCUT2D eigenvalue weighted by atomic mass is 10.1. The molecule has 0 saturated carbocycles. The van der Waals surface area contributed by atoms with E-state index in [1.165, 1.54) is 13.2 Å². The molecule has 0 bridgehead atoms. The van der Waals surface area contributed by atoms with Crippen LogP contribution in [0.1, 0.15) is 5.56 Å². The van der Waals surface area contributed by atoms with Crippen LogP contribution in [0.4, 0.5) is 28.4 Å². The molecule has 0 amide bonds. The van der Waals surface area contributed by atoms with E-state index < -0.39 is 21.2 Å². The van der Waals surface area contributed by atoms with E-state index in [1.807, 2.05) is 0 Å². The number of rotatable bonds is 5. The number of nitro benzene ring substituents is 2. The van der Waals surface area contributed by atoms with Crippen LogP contribution >= 0.6 is 0 Å². The van der Waals surface area contributed by atoms with Crippen molar-refractivity contribution < 1.29 is 14.6 Å². The number of hydrogen-bond donors (Lipinski definition) is 1. The molecular formula is C14H13N5O5. The van der Waals surface area contributed by atoms with E-state index in [2.05, 4.69) is 10.2 Å². The van der Waals surface area contributed by atoms with Crippen LogP contribution in [0.15, 0.2) is 40.6 Å². The van der Waals surface area contributed by atoms with Crippen molar-refractivity contribution in [2.45, 2.75) is 6.92 Å². The standard InChI is InChI=1S/C14H13N5O5/c1-8-5-10(15)14(24-2)7-12(8)17-16-11-4-3-9(18(20)21)6-13(11)19(22)23/h3-7H,15H2,1-2H3. The minimum atomic E-state index is -0.752. The molecule has 0 aliphatic carbocycles. The minimum absolute atomic E-state index is 0.0965. The van der Waals surface area contributed by atoms with Gasteiger partial charge in [0, 0.05) is 12.1 Å². The van der Waals surface area contributed by atoms with Gasteiger partial charge in [-0.25, -0.2) is 0 Å². The number of benzene rings is 2. The summed E-state index contributed by atoms with van der Waals surface area (Å²) in [7, 11) is 1.45. The number of nitro groups is 2. The number of anilines is 1. The van der Waals surface area contributed by atoms with Gasteiger partial charge in [0.25, 0.3) is 5.69 Å². The first-order chi connectivity index (χ1) is 11.3. The summed E-state index contributed by atoms with van der Waals surface area (Å²) in [5, 5.41) is 29.6. The predicted molar refractivity (Wildman–Crippen MR) is 86.1 cm³/mol. The zero-order chi connectivity index (χ0) is 17.9. The molecule has 0 unspecified atom stereocenters. The van der Waals surface area contributed by atoms with E-state index in [1.54, 1.807) is 19.1 Å². The highest BCUT2D eigenvalue weighted by atomic mass is 16.6. The summed E-state index contributed by atoms with van der Waals surface area (Å²) >= 11 is 0. The van der Waals surface area contributed by atoms with Gasteiger partial charge >= 0.3 is 5.69 Å². The van der Waals surface area contributed by atoms with Gasteiger partial charge in [0.2, 0.25) is 0 Å². The van der Waals surface area contributed by atoms with Crippen molar-refractivity contribution in [2.24, 2.45) is 10.2 Å². The van der Waals surface area contributed by atoms with Gasteiger partial charge in [-0.2, -0.15) is 0 Å². The normalized spacial score (nSPS) is 10.8. The summed E-state index contributed by atoms with van der Waals surface area (Å²) in [4.78, 5) is 20.3. The van der Waals surface area contributed by atoms with Gasteiger partial charge in [-0.1, -0.05) is 0 Å². The van der Waals surface area contributed by atoms with Crippen LogP contribution < -0.4 is 10.5 Å². The fourth-order valence-electron chi connectivity index (χ4n) is 1.95. The Morgan fingerprint density at radius 1 is 1.04 bits per heavy atom. The SMILES string of the molecule is COc1cc(N=Nc2ccc([N+](=O)[O-])cc2[N+](=O)[O-])c(C)cc1N. The summed E-state index contributed by atoms with van der Waals surface area (Å²) in [6.07, 6.45) is 0. The second-order valence-corrected chi connectivity index (χ2v) is 4.77. The molecule has 0 heterocycles. The number of nitrogens with zero attached hydrogens (tertiary/aromatic N) is 4. The molecule has 0 spiro atoms. The van der Waals surface area contributed by atoms with Gasteiger partial charge in [0.05, 0.1) is 34.4 Å². The Morgan fingerprint density at radius 2 is 1.71 bits per heavy atom. The molecule has 0 radical (unpaired) electrons. The molecule has 124 valence electrons. The molecule has 0 aromatic heterocycles.